The van der Waals surface area contributed by atoms with Crippen LogP contribution in [0.2, 0.25) is 0 Å². The van der Waals surface area contributed by atoms with Crippen LogP contribution in [0.25, 0.3) is 0 Å². The molecule has 0 fully saturated rings. The smallest absolute Gasteiger partial charge is 0.244 e. The molecule has 118 valence electrons. The lowest BCUT2D eigenvalue weighted by Gasteiger charge is -2.29. The molecular formula is C16H21ClN4O. The summed E-state index contributed by atoms with van der Waals surface area (Å²) in [6, 6.07) is 9.41. The predicted molar refractivity (Wildman–Crippen MR) is 87.6 cm³/mol. The number of nitrogens with one attached hydrogen (secondary N) is 2. The molecule has 0 saturated heterocycles. The zero-order valence-electron chi connectivity index (χ0n) is 12.5. The lowest BCUT2D eigenvalue weighted by molar-refractivity contribution is -0.127. The Morgan fingerprint density at radius 1 is 1.41 bits per heavy atom. The van der Waals surface area contributed by atoms with Crippen molar-refractivity contribution in [2.45, 2.75) is 37.8 Å². The number of nitrogens with two attached hydrogens (primary N) is 1. The number of rotatable bonds is 3. The summed E-state index contributed by atoms with van der Waals surface area (Å²) >= 11 is 0. The quantitative estimate of drug-likeness (QED) is 0.810. The van der Waals surface area contributed by atoms with Crippen LogP contribution in [-0.4, -0.2) is 16.1 Å². The highest BCUT2D eigenvalue weighted by Gasteiger charge is 2.33. The molecule has 22 heavy (non-hydrogen) atoms. The average Bonchev–Trinajstić information content (AvgIpc) is 2.97. The summed E-state index contributed by atoms with van der Waals surface area (Å²) in [7, 11) is 0. The number of aromatic amines is 1. The molecule has 2 atom stereocenters. The lowest BCUT2D eigenvalue weighted by atomic mass is 9.89. The van der Waals surface area contributed by atoms with Gasteiger partial charge in [-0.1, -0.05) is 30.3 Å². The fraction of sp³-hybridized carbons (Fsp3) is 0.375. The number of carbonyl (C=O) groups is 1. The van der Waals surface area contributed by atoms with Gasteiger partial charge in [-0.25, -0.2) is 0 Å². The maximum atomic E-state index is 12.6. The van der Waals surface area contributed by atoms with Crippen molar-refractivity contribution in [1.29, 1.82) is 0 Å². The average molecular weight is 321 g/mol. The van der Waals surface area contributed by atoms with Gasteiger partial charge >= 0.3 is 0 Å². The number of H-pyrrole nitrogens is 1. The second kappa shape index (κ2) is 6.50. The van der Waals surface area contributed by atoms with Gasteiger partial charge < -0.3 is 11.1 Å². The van der Waals surface area contributed by atoms with Crippen LogP contribution < -0.4 is 11.1 Å². The molecule has 1 amide bonds. The van der Waals surface area contributed by atoms with Crippen LogP contribution in [0.5, 0.6) is 0 Å². The van der Waals surface area contributed by atoms with Gasteiger partial charge in [0.2, 0.25) is 5.91 Å². The number of hydrogen-bond donors (Lipinski definition) is 3. The van der Waals surface area contributed by atoms with Gasteiger partial charge in [-0.15, -0.1) is 12.4 Å². The van der Waals surface area contributed by atoms with Crippen molar-refractivity contribution in [1.82, 2.24) is 15.5 Å². The summed E-state index contributed by atoms with van der Waals surface area (Å²) in [6.07, 6.45) is 4.80. The molecule has 1 heterocycles. The first-order valence-corrected chi connectivity index (χ1v) is 7.26. The first-order valence-electron chi connectivity index (χ1n) is 7.26. The minimum atomic E-state index is -1.04. The van der Waals surface area contributed by atoms with Crippen LogP contribution in [-0.2, 0) is 16.8 Å². The highest BCUT2D eigenvalue weighted by atomic mass is 35.5. The number of hydrogen-bond acceptors (Lipinski definition) is 3. The Labute approximate surface area is 136 Å². The minimum Gasteiger partial charge on any atom is -0.346 e. The number of amides is 1. The highest BCUT2D eigenvalue weighted by molar-refractivity contribution is 5.87. The first kappa shape index (κ1) is 16.5. The zero-order chi connectivity index (χ0) is 14.9. The number of fused-ring (bicyclic) bond motifs is 1. The van der Waals surface area contributed by atoms with Gasteiger partial charge in [0.1, 0.15) is 5.54 Å². The second-order valence-corrected chi connectivity index (χ2v) is 5.80. The Morgan fingerprint density at radius 2 is 2.14 bits per heavy atom. The van der Waals surface area contributed by atoms with Gasteiger partial charge in [0.25, 0.3) is 0 Å². The normalized spacial score (nSPS) is 19.5. The van der Waals surface area contributed by atoms with E-state index in [0.29, 0.717) is 0 Å². The highest BCUT2D eigenvalue weighted by Crippen LogP contribution is 2.28. The van der Waals surface area contributed by atoms with Crippen molar-refractivity contribution in [3.8, 4) is 0 Å². The number of aromatic nitrogens is 2. The molecule has 0 aliphatic heterocycles. The largest absolute Gasteiger partial charge is 0.346 e. The second-order valence-electron chi connectivity index (χ2n) is 5.80. The van der Waals surface area contributed by atoms with Crippen LogP contribution in [0.4, 0.5) is 0 Å². The summed E-state index contributed by atoms with van der Waals surface area (Å²) in [5.74, 6) is -0.166. The van der Waals surface area contributed by atoms with E-state index in [-0.39, 0.29) is 24.4 Å². The summed E-state index contributed by atoms with van der Waals surface area (Å²) < 4.78 is 0. The van der Waals surface area contributed by atoms with E-state index in [1.54, 1.807) is 6.92 Å². The van der Waals surface area contributed by atoms with Crippen LogP contribution in [0.3, 0.4) is 0 Å². The van der Waals surface area contributed by atoms with Crippen molar-refractivity contribution >= 4 is 18.3 Å². The Bertz CT molecular complexity index is 639. The van der Waals surface area contributed by atoms with E-state index in [9.17, 15) is 4.79 Å². The third-order valence-electron chi connectivity index (χ3n) is 4.19. The number of halogens is 1. The number of aryl methyl sites for hydroxylation is 1. The summed E-state index contributed by atoms with van der Waals surface area (Å²) in [5, 5.41) is 10.1. The summed E-state index contributed by atoms with van der Waals surface area (Å²) in [6.45, 7) is 1.74. The van der Waals surface area contributed by atoms with Gasteiger partial charge in [-0.05, 0) is 37.3 Å². The Balaban J connectivity index is 0.00000176. The summed E-state index contributed by atoms with van der Waals surface area (Å²) in [5.41, 5.74) is 8.22. The van der Waals surface area contributed by atoms with Crippen molar-refractivity contribution in [2.75, 3.05) is 0 Å². The van der Waals surface area contributed by atoms with Gasteiger partial charge in [0.05, 0.1) is 17.9 Å². The Morgan fingerprint density at radius 3 is 2.86 bits per heavy atom. The Kier molecular flexibility index (Phi) is 4.88. The third-order valence-corrected chi connectivity index (χ3v) is 4.19. The van der Waals surface area contributed by atoms with Crippen molar-refractivity contribution in [3.63, 3.8) is 0 Å². The fourth-order valence-corrected chi connectivity index (χ4v) is 2.83. The molecule has 1 aliphatic carbocycles. The van der Waals surface area contributed by atoms with E-state index < -0.39 is 5.54 Å². The molecule has 1 aromatic carbocycles. The molecule has 2 unspecified atom stereocenters. The molecule has 1 aliphatic rings. The standard InChI is InChI=1S/C16H20N4O.ClH/c1-16(17,12-7-3-2-4-8-12)15(21)19-13-9-5-6-11-10-18-20-14(11)13;/h2-4,7-8,10,13H,5-6,9,17H2,1H3,(H,18,20)(H,19,21);1H. The maximum Gasteiger partial charge on any atom is 0.244 e. The molecule has 0 spiro atoms. The van der Waals surface area contributed by atoms with Gasteiger partial charge in [-0.2, -0.15) is 5.10 Å². The SMILES string of the molecule is CC(N)(C(=O)NC1CCCc2cn[nH]c21)c1ccccc1.Cl. The van der Waals surface area contributed by atoms with E-state index in [2.05, 4.69) is 15.5 Å². The van der Waals surface area contributed by atoms with Crippen molar-refractivity contribution < 1.29 is 4.79 Å². The van der Waals surface area contributed by atoms with Crippen LogP contribution in [0, 0.1) is 0 Å². The van der Waals surface area contributed by atoms with E-state index in [4.69, 9.17) is 5.73 Å². The van der Waals surface area contributed by atoms with E-state index >= 15 is 0 Å². The topological polar surface area (TPSA) is 83.8 Å². The first-order chi connectivity index (χ1) is 10.1. The van der Waals surface area contributed by atoms with E-state index in [1.165, 1.54) is 5.56 Å². The van der Waals surface area contributed by atoms with Crippen molar-refractivity contribution in [2.24, 2.45) is 5.73 Å². The zero-order valence-corrected chi connectivity index (χ0v) is 13.3. The fourth-order valence-electron chi connectivity index (χ4n) is 2.83. The Hall–Kier alpha value is -1.85. The molecule has 4 N–H and O–H groups in total. The molecule has 0 bridgehead atoms. The third kappa shape index (κ3) is 3.00. The van der Waals surface area contributed by atoms with Gasteiger partial charge in [0, 0.05) is 0 Å². The maximum absolute atomic E-state index is 12.6. The number of benzene rings is 1. The lowest BCUT2D eigenvalue weighted by Crippen LogP contribution is -2.50. The number of nitrogens with zero attached hydrogens (tertiary/aromatic N) is 1. The van der Waals surface area contributed by atoms with Gasteiger partial charge in [0.15, 0.2) is 0 Å². The van der Waals surface area contributed by atoms with Crippen LogP contribution in [0.1, 0.15) is 42.6 Å². The van der Waals surface area contributed by atoms with Crippen LogP contribution >= 0.6 is 12.4 Å². The molecule has 0 saturated carbocycles. The van der Waals surface area contributed by atoms with E-state index in [0.717, 1.165) is 30.5 Å². The molecule has 6 heteroatoms. The monoisotopic (exact) mass is 320 g/mol. The molecule has 5 nitrogen and oxygen atoms in total. The molecule has 2 aromatic rings. The minimum absolute atomic E-state index is 0. The van der Waals surface area contributed by atoms with E-state index in [1.807, 2.05) is 36.5 Å². The molecular weight excluding hydrogens is 300 g/mol. The number of carbonyl (C=O) groups excluding carboxylic acids is 1. The molecule has 3 rings (SSSR count). The van der Waals surface area contributed by atoms with Crippen molar-refractivity contribution in [3.05, 3.63) is 53.3 Å². The predicted octanol–water partition coefficient (Wildman–Crippen LogP) is 2.20. The summed E-state index contributed by atoms with van der Waals surface area (Å²) in [4.78, 5) is 12.6. The van der Waals surface area contributed by atoms with Crippen LogP contribution in [0.15, 0.2) is 36.5 Å². The molecule has 0 radical (unpaired) electrons. The van der Waals surface area contributed by atoms with Gasteiger partial charge in [-0.3, -0.25) is 9.89 Å². The molecule has 1 aromatic heterocycles.